The predicted octanol–water partition coefficient (Wildman–Crippen LogP) is 3.42. The van der Waals surface area contributed by atoms with Gasteiger partial charge in [-0.05, 0) is 37.1 Å². The predicted molar refractivity (Wildman–Crippen MR) is 61.9 cm³/mol. The van der Waals surface area contributed by atoms with Crippen LogP contribution in [0.25, 0.3) is 0 Å². The molecule has 0 amide bonds. The number of hydrogen-bond donors (Lipinski definition) is 0. The van der Waals surface area contributed by atoms with Crippen LogP contribution in [-0.2, 0) is 0 Å². The molecule has 0 bridgehead atoms. The number of Topliss-reactive ketones (excluding diaryl/α,β-unsaturated/α-hetero) is 1. The van der Waals surface area contributed by atoms with E-state index in [-0.39, 0.29) is 5.78 Å². The zero-order valence-electron chi connectivity index (χ0n) is 9.06. The van der Waals surface area contributed by atoms with E-state index in [2.05, 4.69) is 6.58 Å². The largest absolute Gasteiger partial charge is 0.495 e. The van der Waals surface area contributed by atoms with E-state index in [0.717, 1.165) is 5.56 Å². The zero-order chi connectivity index (χ0) is 11.6. The molecule has 0 fully saturated rings. The third-order valence-electron chi connectivity index (χ3n) is 2.13. The second-order valence-electron chi connectivity index (χ2n) is 3.41. The first-order valence-electron chi connectivity index (χ1n) is 4.51. The van der Waals surface area contributed by atoms with Crippen molar-refractivity contribution in [1.29, 1.82) is 0 Å². The highest BCUT2D eigenvalue weighted by molar-refractivity contribution is 6.32. The molecular formula is C12H13ClO2. The Balaban J connectivity index is 3.28. The third-order valence-corrected chi connectivity index (χ3v) is 2.43. The molecule has 0 atom stereocenters. The molecule has 0 N–H and O–H groups in total. The van der Waals surface area contributed by atoms with E-state index in [4.69, 9.17) is 16.3 Å². The second-order valence-corrected chi connectivity index (χ2v) is 3.82. The highest BCUT2D eigenvalue weighted by atomic mass is 35.5. The van der Waals surface area contributed by atoms with Gasteiger partial charge >= 0.3 is 0 Å². The standard InChI is InChI=1S/C12H13ClO2/c1-7(2)12(14)9-6-10(13)11(15-4)5-8(9)3/h5-6H,1H2,2-4H3. The Morgan fingerprint density at radius 1 is 1.47 bits per heavy atom. The molecule has 0 aromatic heterocycles. The van der Waals surface area contributed by atoms with Crippen molar-refractivity contribution >= 4 is 17.4 Å². The highest BCUT2D eigenvalue weighted by Gasteiger charge is 2.13. The Bertz CT molecular complexity index is 422. The van der Waals surface area contributed by atoms with Crippen LogP contribution in [0, 0.1) is 6.92 Å². The van der Waals surface area contributed by atoms with E-state index in [1.807, 2.05) is 6.92 Å². The number of rotatable bonds is 3. The maximum atomic E-state index is 11.7. The minimum absolute atomic E-state index is 0.0861. The van der Waals surface area contributed by atoms with Crippen LogP contribution >= 0.6 is 11.6 Å². The molecule has 1 aromatic rings. The number of carbonyl (C=O) groups excluding carboxylic acids is 1. The fraction of sp³-hybridized carbons (Fsp3) is 0.250. The monoisotopic (exact) mass is 224 g/mol. The Morgan fingerprint density at radius 2 is 2.07 bits per heavy atom. The van der Waals surface area contributed by atoms with Crippen molar-refractivity contribution in [3.63, 3.8) is 0 Å². The van der Waals surface area contributed by atoms with Gasteiger partial charge in [-0.3, -0.25) is 4.79 Å². The first-order chi connectivity index (χ1) is 6.97. The molecule has 80 valence electrons. The van der Waals surface area contributed by atoms with Crippen molar-refractivity contribution in [1.82, 2.24) is 0 Å². The summed E-state index contributed by atoms with van der Waals surface area (Å²) in [5.74, 6) is 0.490. The van der Waals surface area contributed by atoms with Gasteiger partial charge < -0.3 is 4.74 Å². The molecule has 0 aliphatic rings. The fourth-order valence-electron chi connectivity index (χ4n) is 1.29. The summed E-state index contributed by atoms with van der Waals surface area (Å²) in [7, 11) is 1.54. The maximum Gasteiger partial charge on any atom is 0.188 e. The van der Waals surface area contributed by atoms with Crippen LogP contribution < -0.4 is 4.74 Å². The summed E-state index contributed by atoms with van der Waals surface area (Å²) in [4.78, 5) is 11.7. The summed E-state index contributed by atoms with van der Waals surface area (Å²) in [5.41, 5.74) is 1.91. The number of benzene rings is 1. The molecule has 1 rings (SSSR count). The van der Waals surface area contributed by atoms with Crippen LogP contribution in [0.15, 0.2) is 24.3 Å². The normalized spacial score (nSPS) is 9.87. The van der Waals surface area contributed by atoms with Gasteiger partial charge in [-0.15, -0.1) is 0 Å². The summed E-state index contributed by atoms with van der Waals surface area (Å²) in [6.45, 7) is 7.14. The molecule has 2 nitrogen and oxygen atoms in total. The topological polar surface area (TPSA) is 26.3 Å². The molecule has 0 saturated heterocycles. The van der Waals surface area contributed by atoms with Crippen molar-refractivity contribution < 1.29 is 9.53 Å². The molecule has 0 spiro atoms. The van der Waals surface area contributed by atoms with E-state index in [1.165, 1.54) is 0 Å². The number of aryl methyl sites for hydroxylation is 1. The Morgan fingerprint density at radius 3 is 2.53 bits per heavy atom. The molecule has 0 aliphatic heterocycles. The minimum Gasteiger partial charge on any atom is -0.495 e. The smallest absolute Gasteiger partial charge is 0.188 e. The van der Waals surface area contributed by atoms with Gasteiger partial charge in [0, 0.05) is 5.56 Å². The van der Waals surface area contributed by atoms with Crippen LogP contribution in [0.5, 0.6) is 5.75 Å². The third kappa shape index (κ3) is 2.39. The van der Waals surface area contributed by atoms with Crippen molar-refractivity contribution in [3.05, 3.63) is 40.4 Å². The Hall–Kier alpha value is -1.28. The molecular weight excluding hydrogens is 212 g/mol. The van der Waals surface area contributed by atoms with Crippen molar-refractivity contribution in [2.24, 2.45) is 0 Å². The van der Waals surface area contributed by atoms with Crippen LogP contribution in [0.2, 0.25) is 5.02 Å². The van der Waals surface area contributed by atoms with E-state index in [9.17, 15) is 4.79 Å². The van der Waals surface area contributed by atoms with Gasteiger partial charge in [-0.25, -0.2) is 0 Å². The Labute approximate surface area is 94.5 Å². The lowest BCUT2D eigenvalue weighted by atomic mass is 10.0. The van der Waals surface area contributed by atoms with E-state index < -0.39 is 0 Å². The zero-order valence-corrected chi connectivity index (χ0v) is 9.81. The number of methoxy groups -OCH3 is 1. The second kappa shape index (κ2) is 4.49. The molecule has 3 heteroatoms. The van der Waals surface area contributed by atoms with E-state index >= 15 is 0 Å². The number of ether oxygens (including phenoxy) is 1. The van der Waals surface area contributed by atoms with Gasteiger partial charge in [0.1, 0.15) is 5.75 Å². The van der Waals surface area contributed by atoms with Gasteiger partial charge in [0.25, 0.3) is 0 Å². The minimum atomic E-state index is -0.0861. The van der Waals surface area contributed by atoms with E-state index in [1.54, 1.807) is 26.2 Å². The number of hydrogen-bond acceptors (Lipinski definition) is 2. The van der Waals surface area contributed by atoms with Gasteiger partial charge in [0.2, 0.25) is 0 Å². The summed E-state index contributed by atoms with van der Waals surface area (Å²) in [6, 6.07) is 3.37. The lowest BCUT2D eigenvalue weighted by Gasteiger charge is -2.09. The quantitative estimate of drug-likeness (QED) is 0.581. The lowest BCUT2D eigenvalue weighted by Crippen LogP contribution is -2.03. The lowest BCUT2D eigenvalue weighted by molar-refractivity contribution is 0.103. The van der Waals surface area contributed by atoms with Gasteiger partial charge in [0.05, 0.1) is 12.1 Å². The van der Waals surface area contributed by atoms with Crippen LogP contribution in [0.4, 0.5) is 0 Å². The molecule has 0 aliphatic carbocycles. The number of carbonyl (C=O) groups is 1. The first kappa shape index (κ1) is 11.8. The molecule has 15 heavy (non-hydrogen) atoms. The average Bonchev–Trinajstić information content (AvgIpc) is 2.19. The molecule has 0 heterocycles. The van der Waals surface area contributed by atoms with Crippen LogP contribution in [0.3, 0.4) is 0 Å². The van der Waals surface area contributed by atoms with Crippen molar-refractivity contribution in [3.8, 4) is 5.75 Å². The highest BCUT2D eigenvalue weighted by Crippen LogP contribution is 2.28. The summed E-state index contributed by atoms with van der Waals surface area (Å²) >= 11 is 5.94. The van der Waals surface area contributed by atoms with E-state index in [0.29, 0.717) is 21.9 Å². The molecule has 0 saturated carbocycles. The summed E-state index contributed by atoms with van der Waals surface area (Å²) in [5, 5.41) is 0.438. The van der Waals surface area contributed by atoms with Gasteiger partial charge in [-0.1, -0.05) is 18.2 Å². The fourth-order valence-corrected chi connectivity index (χ4v) is 1.53. The maximum absolute atomic E-state index is 11.7. The molecule has 0 unspecified atom stereocenters. The summed E-state index contributed by atoms with van der Waals surface area (Å²) in [6.07, 6.45) is 0. The summed E-state index contributed by atoms with van der Waals surface area (Å²) < 4.78 is 5.06. The first-order valence-corrected chi connectivity index (χ1v) is 4.89. The molecule has 0 radical (unpaired) electrons. The SMILES string of the molecule is C=C(C)C(=O)c1cc(Cl)c(OC)cc1C. The van der Waals surface area contributed by atoms with Crippen LogP contribution in [0.1, 0.15) is 22.8 Å². The van der Waals surface area contributed by atoms with Crippen molar-refractivity contribution in [2.75, 3.05) is 7.11 Å². The number of ketones is 1. The average molecular weight is 225 g/mol. The van der Waals surface area contributed by atoms with Crippen LogP contribution in [-0.4, -0.2) is 12.9 Å². The number of halogens is 1. The number of allylic oxidation sites excluding steroid dienone is 1. The Kier molecular flexibility index (Phi) is 3.53. The van der Waals surface area contributed by atoms with Gasteiger partial charge in [-0.2, -0.15) is 0 Å². The van der Waals surface area contributed by atoms with Crippen molar-refractivity contribution in [2.45, 2.75) is 13.8 Å². The van der Waals surface area contributed by atoms with Gasteiger partial charge in [0.15, 0.2) is 5.78 Å². The molecule has 1 aromatic carbocycles.